The predicted octanol–water partition coefficient (Wildman–Crippen LogP) is 5.80. The van der Waals surface area contributed by atoms with Crippen LogP contribution in [0.3, 0.4) is 0 Å². The highest BCUT2D eigenvalue weighted by molar-refractivity contribution is 7.09. The Bertz CT molecular complexity index is 902. The summed E-state index contributed by atoms with van der Waals surface area (Å²) in [6.07, 6.45) is 0.977. The Kier molecular flexibility index (Phi) is 3.32. The van der Waals surface area contributed by atoms with Gasteiger partial charge >= 0.3 is 0 Å². The van der Waals surface area contributed by atoms with Crippen LogP contribution in [0.5, 0.6) is 0 Å². The summed E-state index contributed by atoms with van der Waals surface area (Å²) >= 11 is 1.82. The molecule has 0 amide bonds. The maximum Gasteiger partial charge on any atom is 0.0501 e. The number of fused-ring (bicyclic) bond motifs is 1. The topological polar surface area (TPSA) is 15.8 Å². The molecule has 2 aromatic carbocycles. The summed E-state index contributed by atoms with van der Waals surface area (Å²) in [4.78, 5) is 5.04. The number of hydrogen-bond acceptors (Lipinski definition) is 1. The van der Waals surface area contributed by atoms with Crippen LogP contribution in [0, 0.1) is 6.92 Å². The third-order valence-corrected chi connectivity index (χ3v) is 4.93. The van der Waals surface area contributed by atoms with E-state index < -0.39 is 0 Å². The number of benzene rings is 2. The standard InChI is InChI=1S/C20H17NS/c1-14-9-10-17-18(13-16-8-5-11-22-16)20(21-19(17)12-14)15-6-3-2-4-7-15/h2-12,21H,13H2,1H3. The van der Waals surface area contributed by atoms with Gasteiger partial charge in [-0.15, -0.1) is 11.3 Å². The van der Waals surface area contributed by atoms with Crippen molar-refractivity contribution in [2.24, 2.45) is 0 Å². The second-order valence-corrected chi connectivity index (χ2v) is 6.68. The Hall–Kier alpha value is -2.32. The Balaban J connectivity index is 1.94. The highest BCUT2D eigenvalue weighted by Gasteiger charge is 2.14. The number of H-pyrrole nitrogens is 1. The first-order valence-electron chi connectivity index (χ1n) is 7.50. The van der Waals surface area contributed by atoms with Crippen molar-refractivity contribution in [3.05, 3.63) is 82.0 Å². The molecule has 2 aromatic heterocycles. The van der Waals surface area contributed by atoms with Gasteiger partial charge in [-0.2, -0.15) is 0 Å². The second kappa shape index (κ2) is 5.47. The van der Waals surface area contributed by atoms with Crippen LogP contribution in [-0.2, 0) is 6.42 Å². The van der Waals surface area contributed by atoms with E-state index in [1.807, 2.05) is 11.3 Å². The van der Waals surface area contributed by atoms with Gasteiger partial charge in [0.15, 0.2) is 0 Å². The third kappa shape index (κ3) is 2.36. The molecule has 0 fully saturated rings. The summed E-state index contributed by atoms with van der Waals surface area (Å²) < 4.78 is 0. The van der Waals surface area contributed by atoms with E-state index in [9.17, 15) is 0 Å². The van der Waals surface area contributed by atoms with Crippen LogP contribution in [0.4, 0.5) is 0 Å². The van der Waals surface area contributed by atoms with Crippen molar-refractivity contribution >= 4 is 22.2 Å². The Morgan fingerprint density at radius 2 is 1.82 bits per heavy atom. The predicted molar refractivity (Wildman–Crippen MR) is 95.6 cm³/mol. The summed E-state index contributed by atoms with van der Waals surface area (Å²) in [5.74, 6) is 0. The monoisotopic (exact) mass is 303 g/mol. The summed E-state index contributed by atoms with van der Waals surface area (Å²) in [6.45, 7) is 2.14. The van der Waals surface area contributed by atoms with Gasteiger partial charge < -0.3 is 4.98 Å². The molecule has 4 rings (SSSR count). The molecule has 0 spiro atoms. The number of rotatable bonds is 3. The quantitative estimate of drug-likeness (QED) is 0.492. The smallest absolute Gasteiger partial charge is 0.0501 e. The van der Waals surface area contributed by atoms with E-state index >= 15 is 0 Å². The second-order valence-electron chi connectivity index (χ2n) is 5.65. The summed E-state index contributed by atoms with van der Waals surface area (Å²) in [6, 6.07) is 21.6. The first-order valence-corrected chi connectivity index (χ1v) is 8.38. The normalized spacial score (nSPS) is 11.1. The summed E-state index contributed by atoms with van der Waals surface area (Å²) in [5, 5.41) is 3.48. The van der Waals surface area contributed by atoms with Gasteiger partial charge in [-0.3, -0.25) is 0 Å². The molecule has 0 aliphatic carbocycles. The highest BCUT2D eigenvalue weighted by Crippen LogP contribution is 2.33. The fraction of sp³-hybridized carbons (Fsp3) is 0.100. The summed E-state index contributed by atoms with van der Waals surface area (Å²) in [5.41, 5.74) is 6.41. The van der Waals surface area contributed by atoms with E-state index in [2.05, 4.69) is 78.0 Å². The van der Waals surface area contributed by atoms with E-state index in [1.165, 1.54) is 38.2 Å². The lowest BCUT2D eigenvalue weighted by Crippen LogP contribution is -1.88. The van der Waals surface area contributed by atoms with Crippen molar-refractivity contribution in [3.63, 3.8) is 0 Å². The maximum atomic E-state index is 3.64. The molecule has 0 atom stereocenters. The van der Waals surface area contributed by atoms with Crippen molar-refractivity contribution in [2.75, 3.05) is 0 Å². The van der Waals surface area contributed by atoms with Crippen molar-refractivity contribution in [2.45, 2.75) is 13.3 Å². The van der Waals surface area contributed by atoms with E-state index in [0.717, 1.165) is 6.42 Å². The van der Waals surface area contributed by atoms with Gasteiger partial charge in [0.25, 0.3) is 0 Å². The number of aromatic amines is 1. The molecule has 4 aromatic rings. The van der Waals surface area contributed by atoms with Crippen LogP contribution in [0.2, 0.25) is 0 Å². The first-order chi connectivity index (χ1) is 10.8. The molecule has 2 heterocycles. The van der Waals surface area contributed by atoms with Crippen molar-refractivity contribution in [3.8, 4) is 11.3 Å². The molecule has 0 saturated heterocycles. The molecule has 1 nitrogen and oxygen atoms in total. The molecule has 0 bridgehead atoms. The molecule has 108 valence electrons. The zero-order chi connectivity index (χ0) is 14.9. The molecular weight excluding hydrogens is 286 g/mol. The molecule has 0 radical (unpaired) electrons. The van der Waals surface area contributed by atoms with Gasteiger partial charge in [0.2, 0.25) is 0 Å². The van der Waals surface area contributed by atoms with Crippen LogP contribution in [-0.4, -0.2) is 4.98 Å². The fourth-order valence-electron chi connectivity index (χ4n) is 2.99. The van der Waals surface area contributed by atoms with Gasteiger partial charge in [0.1, 0.15) is 0 Å². The molecule has 2 heteroatoms. The van der Waals surface area contributed by atoms with Gasteiger partial charge in [-0.1, -0.05) is 48.5 Å². The minimum atomic E-state index is 0.977. The zero-order valence-electron chi connectivity index (χ0n) is 12.5. The number of thiophene rings is 1. The van der Waals surface area contributed by atoms with Crippen LogP contribution in [0.15, 0.2) is 66.0 Å². The van der Waals surface area contributed by atoms with E-state index in [0.29, 0.717) is 0 Å². The van der Waals surface area contributed by atoms with Crippen LogP contribution in [0.1, 0.15) is 16.0 Å². The van der Waals surface area contributed by atoms with Gasteiger partial charge in [0, 0.05) is 22.2 Å². The third-order valence-electron chi connectivity index (χ3n) is 4.06. The molecule has 1 N–H and O–H groups in total. The SMILES string of the molecule is Cc1ccc2c(Cc3cccs3)c(-c3ccccc3)[nH]c2c1. The number of aromatic nitrogens is 1. The van der Waals surface area contributed by atoms with Crippen LogP contribution < -0.4 is 0 Å². The van der Waals surface area contributed by atoms with E-state index in [4.69, 9.17) is 0 Å². The largest absolute Gasteiger partial charge is 0.354 e. The lowest BCUT2D eigenvalue weighted by Gasteiger charge is -2.04. The van der Waals surface area contributed by atoms with E-state index in [-0.39, 0.29) is 0 Å². The fourth-order valence-corrected chi connectivity index (χ4v) is 3.71. The first kappa shape index (κ1) is 13.4. The highest BCUT2D eigenvalue weighted by atomic mass is 32.1. The molecule has 22 heavy (non-hydrogen) atoms. The average molecular weight is 303 g/mol. The number of aryl methyl sites for hydroxylation is 1. The van der Waals surface area contributed by atoms with Gasteiger partial charge in [-0.05, 0) is 41.1 Å². The lowest BCUT2D eigenvalue weighted by atomic mass is 10.0. The molecule has 0 aliphatic rings. The maximum absolute atomic E-state index is 3.64. The van der Waals surface area contributed by atoms with Crippen LogP contribution in [0.25, 0.3) is 22.2 Å². The van der Waals surface area contributed by atoms with Gasteiger partial charge in [-0.25, -0.2) is 0 Å². The molecular formula is C20H17NS. The summed E-state index contributed by atoms with van der Waals surface area (Å²) in [7, 11) is 0. The Morgan fingerprint density at radius 3 is 2.59 bits per heavy atom. The van der Waals surface area contributed by atoms with Crippen molar-refractivity contribution < 1.29 is 0 Å². The Labute approximate surface area is 134 Å². The zero-order valence-corrected chi connectivity index (χ0v) is 13.3. The molecule has 0 aliphatic heterocycles. The molecule has 0 unspecified atom stereocenters. The minimum Gasteiger partial charge on any atom is -0.354 e. The van der Waals surface area contributed by atoms with Gasteiger partial charge in [0.05, 0.1) is 5.69 Å². The number of hydrogen-bond donors (Lipinski definition) is 1. The van der Waals surface area contributed by atoms with Crippen molar-refractivity contribution in [1.82, 2.24) is 4.98 Å². The minimum absolute atomic E-state index is 0.977. The molecule has 0 saturated carbocycles. The van der Waals surface area contributed by atoms with E-state index in [1.54, 1.807) is 0 Å². The Morgan fingerprint density at radius 1 is 0.955 bits per heavy atom. The average Bonchev–Trinajstić information content (AvgIpc) is 3.17. The van der Waals surface area contributed by atoms with Crippen molar-refractivity contribution in [1.29, 1.82) is 0 Å². The number of nitrogens with one attached hydrogen (secondary N) is 1. The lowest BCUT2D eigenvalue weighted by molar-refractivity contribution is 1.26. The van der Waals surface area contributed by atoms with Crippen LogP contribution >= 0.6 is 11.3 Å².